The number of anilines is 1. The monoisotopic (exact) mass is 549 g/mol. The van der Waals surface area contributed by atoms with E-state index in [1.54, 1.807) is 48.2 Å². The molecule has 1 fully saturated rings. The van der Waals surface area contributed by atoms with Crippen molar-refractivity contribution < 1.29 is 34.0 Å². The third kappa shape index (κ3) is 7.48. The number of nitrogens with one attached hydrogen (secondary N) is 1. The van der Waals surface area contributed by atoms with E-state index in [9.17, 15) is 14.7 Å². The van der Waals surface area contributed by atoms with Crippen LogP contribution in [-0.4, -0.2) is 40.7 Å². The van der Waals surface area contributed by atoms with Crippen molar-refractivity contribution in [2.24, 2.45) is 5.92 Å². The summed E-state index contributed by atoms with van der Waals surface area (Å²) < 4.78 is 17.9. The molecule has 3 aromatic rings. The summed E-state index contributed by atoms with van der Waals surface area (Å²) in [5.41, 5.74) is 3.30. The predicted molar refractivity (Wildman–Crippen MR) is 149 cm³/mol. The van der Waals surface area contributed by atoms with Gasteiger partial charge >= 0.3 is 12.1 Å². The molecule has 1 aliphatic heterocycles. The third-order valence-corrected chi connectivity index (χ3v) is 7.48. The molecule has 0 aromatic heterocycles. The second-order valence-corrected chi connectivity index (χ2v) is 10.2. The lowest BCUT2D eigenvalue weighted by atomic mass is 9.91. The first-order valence-electron chi connectivity index (χ1n) is 12.5. The Hall–Kier alpha value is -3.63. The van der Waals surface area contributed by atoms with Crippen LogP contribution in [0.3, 0.4) is 0 Å². The number of hydrogen-bond donors (Lipinski definition) is 3. The van der Waals surface area contributed by atoms with E-state index in [0.717, 1.165) is 21.6 Å². The van der Waals surface area contributed by atoms with Crippen molar-refractivity contribution in [3.05, 3.63) is 108 Å². The number of carbonyl (C=O) groups excluding carboxylic acids is 1. The maximum Gasteiger partial charge on any atom is 0.411 e. The second-order valence-electron chi connectivity index (χ2n) is 9.10. The van der Waals surface area contributed by atoms with Crippen LogP contribution < -0.4 is 5.32 Å². The van der Waals surface area contributed by atoms with Gasteiger partial charge in [-0.1, -0.05) is 56.0 Å². The Balaban J connectivity index is 1.55. The van der Waals surface area contributed by atoms with E-state index in [-0.39, 0.29) is 36.9 Å². The Morgan fingerprint density at radius 2 is 1.79 bits per heavy atom. The van der Waals surface area contributed by atoms with Crippen molar-refractivity contribution in [2.75, 3.05) is 17.7 Å². The lowest BCUT2D eigenvalue weighted by molar-refractivity contribution is -0.268. The highest BCUT2D eigenvalue weighted by Gasteiger charge is 2.38. The second kappa shape index (κ2) is 13.4. The molecular weight excluding hydrogens is 518 g/mol. The highest BCUT2D eigenvalue weighted by Crippen LogP contribution is 2.43. The van der Waals surface area contributed by atoms with Crippen LogP contribution in [0, 0.1) is 5.92 Å². The number of hydrogen-bond acceptors (Lipinski definition) is 7. The maximum absolute atomic E-state index is 12.0. The Morgan fingerprint density at radius 1 is 1.05 bits per heavy atom. The Morgan fingerprint density at radius 3 is 2.46 bits per heavy atom. The largest absolute Gasteiger partial charge is 0.478 e. The average molecular weight is 550 g/mol. The van der Waals surface area contributed by atoms with Crippen LogP contribution in [0.25, 0.3) is 0 Å². The van der Waals surface area contributed by atoms with Crippen molar-refractivity contribution in [1.82, 2.24) is 0 Å². The molecule has 1 aliphatic rings. The molecule has 1 heterocycles. The van der Waals surface area contributed by atoms with Crippen LogP contribution in [-0.2, 0) is 20.8 Å². The molecule has 9 heteroatoms. The fraction of sp³-hybridized carbons (Fsp3) is 0.267. The lowest BCUT2D eigenvalue weighted by Gasteiger charge is -2.41. The van der Waals surface area contributed by atoms with Crippen LogP contribution in [0.1, 0.15) is 46.4 Å². The molecule has 0 radical (unpaired) electrons. The normalized spacial score (nSPS) is 20.7. The van der Waals surface area contributed by atoms with E-state index in [1.807, 2.05) is 36.4 Å². The molecule has 0 saturated carbocycles. The van der Waals surface area contributed by atoms with Crippen molar-refractivity contribution in [2.45, 2.75) is 36.9 Å². The molecular formula is C30H31NO7S. The van der Waals surface area contributed by atoms with E-state index in [2.05, 4.69) is 18.8 Å². The molecule has 1 amide bonds. The molecule has 8 nitrogen and oxygen atoms in total. The number of benzene rings is 3. The maximum atomic E-state index is 12.0. The van der Waals surface area contributed by atoms with Gasteiger partial charge < -0.3 is 24.4 Å². The molecule has 204 valence electrons. The van der Waals surface area contributed by atoms with Crippen LogP contribution in [0.4, 0.5) is 10.5 Å². The topological polar surface area (TPSA) is 114 Å². The van der Waals surface area contributed by atoms with Gasteiger partial charge in [-0.25, -0.2) is 9.59 Å². The average Bonchev–Trinajstić information content (AvgIpc) is 2.96. The zero-order valence-electron chi connectivity index (χ0n) is 21.5. The fourth-order valence-electron chi connectivity index (χ4n) is 4.23. The summed E-state index contributed by atoms with van der Waals surface area (Å²) in [7, 11) is 0. The molecule has 39 heavy (non-hydrogen) atoms. The Kier molecular flexibility index (Phi) is 9.78. The summed E-state index contributed by atoms with van der Waals surface area (Å²) in [4.78, 5) is 24.1. The number of carbonyl (C=O) groups is 2. The summed E-state index contributed by atoms with van der Waals surface area (Å²) in [5, 5.41) is 21.3. The van der Waals surface area contributed by atoms with Gasteiger partial charge in [0, 0.05) is 27.8 Å². The van der Waals surface area contributed by atoms with Gasteiger partial charge in [0.05, 0.1) is 24.4 Å². The van der Waals surface area contributed by atoms with Crippen LogP contribution in [0.5, 0.6) is 0 Å². The highest BCUT2D eigenvalue weighted by molar-refractivity contribution is 7.99. The number of carboxylic acid groups (broad SMARTS) is 1. The number of carboxylic acids is 1. The summed E-state index contributed by atoms with van der Waals surface area (Å²) in [6.07, 6.45) is -0.284. The standard InChI is InChI=1S/C30H31NO7S/c1-3-15-36-30(35)31-24-6-4-5-23(16-24)29-37-26(18-39-25-13-11-22(12-14-25)28(33)34)19(2)27(38-29)21-9-7-20(17-32)8-10-21/h3-14,16,19,26-27,29,32H,1,15,17-18H2,2H3,(H,31,35)(H,33,34). The van der Waals surface area contributed by atoms with Crippen molar-refractivity contribution in [3.8, 4) is 0 Å². The number of rotatable bonds is 10. The van der Waals surface area contributed by atoms with Gasteiger partial charge in [0.25, 0.3) is 0 Å². The van der Waals surface area contributed by atoms with Crippen LogP contribution in [0.2, 0.25) is 0 Å². The number of ether oxygens (including phenoxy) is 3. The van der Waals surface area contributed by atoms with Crippen LogP contribution in [0.15, 0.2) is 90.3 Å². The van der Waals surface area contributed by atoms with Gasteiger partial charge in [0.15, 0.2) is 6.29 Å². The summed E-state index contributed by atoms with van der Waals surface area (Å²) in [5.74, 6) is -0.358. The van der Waals surface area contributed by atoms with Crippen molar-refractivity contribution in [1.29, 1.82) is 0 Å². The zero-order chi connectivity index (χ0) is 27.8. The first-order chi connectivity index (χ1) is 18.9. The van der Waals surface area contributed by atoms with Gasteiger partial charge in [-0.05, 0) is 47.5 Å². The smallest absolute Gasteiger partial charge is 0.411 e. The molecule has 3 aromatic carbocycles. The van der Waals surface area contributed by atoms with Crippen LogP contribution >= 0.6 is 11.8 Å². The molecule has 4 rings (SSSR count). The Bertz CT molecular complexity index is 1280. The molecule has 3 N–H and O–H groups in total. The zero-order valence-corrected chi connectivity index (χ0v) is 22.3. The molecule has 4 atom stereocenters. The number of aliphatic hydroxyl groups is 1. The van der Waals surface area contributed by atoms with Gasteiger partial charge in [0.1, 0.15) is 6.61 Å². The molecule has 1 saturated heterocycles. The Labute approximate surface area is 231 Å². The minimum Gasteiger partial charge on any atom is -0.478 e. The van der Waals surface area contributed by atoms with Gasteiger partial charge in [-0.3, -0.25) is 5.32 Å². The number of amides is 1. The predicted octanol–water partition coefficient (Wildman–Crippen LogP) is 6.20. The number of aromatic carboxylic acids is 1. The van der Waals surface area contributed by atoms with E-state index in [4.69, 9.17) is 19.3 Å². The van der Waals surface area contributed by atoms with Crippen molar-refractivity contribution in [3.63, 3.8) is 0 Å². The van der Waals surface area contributed by atoms with E-state index >= 15 is 0 Å². The molecule has 4 unspecified atom stereocenters. The minimum absolute atomic E-state index is 0.0118. The summed E-state index contributed by atoms with van der Waals surface area (Å²) in [6, 6.07) is 21.7. The van der Waals surface area contributed by atoms with Gasteiger partial charge in [-0.15, -0.1) is 11.8 Å². The first-order valence-corrected chi connectivity index (χ1v) is 13.5. The third-order valence-electron chi connectivity index (χ3n) is 6.38. The first kappa shape index (κ1) is 28.4. The quantitative estimate of drug-likeness (QED) is 0.202. The molecule has 0 aliphatic carbocycles. The molecule has 0 bridgehead atoms. The van der Waals surface area contributed by atoms with E-state index in [1.165, 1.54) is 6.08 Å². The van der Waals surface area contributed by atoms with E-state index < -0.39 is 18.4 Å². The lowest BCUT2D eigenvalue weighted by Crippen LogP contribution is -2.38. The summed E-state index contributed by atoms with van der Waals surface area (Å²) >= 11 is 1.58. The highest BCUT2D eigenvalue weighted by atomic mass is 32.2. The minimum atomic E-state index is -0.962. The number of thioether (sulfide) groups is 1. The fourth-order valence-corrected chi connectivity index (χ4v) is 5.30. The van der Waals surface area contributed by atoms with Gasteiger partial charge in [-0.2, -0.15) is 0 Å². The number of aliphatic hydroxyl groups excluding tert-OH is 1. The van der Waals surface area contributed by atoms with E-state index in [0.29, 0.717) is 11.4 Å². The molecule has 0 spiro atoms. The SMILES string of the molecule is C=CCOC(=O)Nc1cccc(C2OC(CSc3ccc(C(=O)O)cc3)C(C)C(c3ccc(CO)cc3)O2)c1. The van der Waals surface area contributed by atoms with Gasteiger partial charge in [0.2, 0.25) is 0 Å². The summed E-state index contributed by atoms with van der Waals surface area (Å²) in [6.45, 7) is 5.68. The van der Waals surface area contributed by atoms with Crippen molar-refractivity contribution >= 4 is 29.5 Å².